The van der Waals surface area contributed by atoms with E-state index in [1.165, 1.54) is 0 Å². The SMILES string of the molecule is Cc1cc(C)n(CC(=O)N2C[C@@H]3C[C@H](N(C)C)CN3C(=O)[C@@H]2CC(C)C)n1. The Hall–Kier alpha value is -1.89. The third-order valence-corrected chi connectivity index (χ3v) is 5.88. The van der Waals surface area contributed by atoms with Crippen molar-refractivity contribution in [2.75, 3.05) is 27.2 Å². The molecule has 3 atom stereocenters. The predicted molar refractivity (Wildman–Crippen MR) is 104 cm³/mol. The maximum absolute atomic E-state index is 13.2. The van der Waals surface area contributed by atoms with Gasteiger partial charge in [-0.05, 0) is 52.8 Å². The van der Waals surface area contributed by atoms with Crippen LogP contribution in [0.3, 0.4) is 0 Å². The van der Waals surface area contributed by atoms with Gasteiger partial charge in [-0.25, -0.2) is 0 Å². The fourth-order valence-corrected chi connectivity index (χ4v) is 4.39. The van der Waals surface area contributed by atoms with Crippen molar-refractivity contribution < 1.29 is 9.59 Å². The fraction of sp³-hybridized carbons (Fsp3) is 0.750. The molecule has 0 aliphatic carbocycles. The molecule has 7 heteroatoms. The van der Waals surface area contributed by atoms with E-state index in [2.05, 4.69) is 37.9 Å². The Morgan fingerprint density at radius 1 is 1.30 bits per heavy atom. The zero-order valence-corrected chi connectivity index (χ0v) is 17.5. The summed E-state index contributed by atoms with van der Waals surface area (Å²) >= 11 is 0. The molecule has 0 aromatic carbocycles. The van der Waals surface area contributed by atoms with Gasteiger partial charge in [-0.15, -0.1) is 0 Å². The van der Waals surface area contributed by atoms with Gasteiger partial charge in [0.1, 0.15) is 12.6 Å². The van der Waals surface area contributed by atoms with Crippen molar-refractivity contribution >= 4 is 11.8 Å². The summed E-state index contributed by atoms with van der Waals surface area (Å²) < 4.78 is 1.75. The topological polar surface area (TPSA) is 61.7 Å². The maximum atomic E-state index is 13.2. The molecule has 0 unspecified atom stereocenters. The Kier molecular flexibility index (Phi) is 5.60. The van der Waals surface area contributed by atoms with Gasteiger partial charge in [0, 0.05) is 24.8 Å². The first-order chi connectivity index (χ1) is 12.7. The normalized spacial score (nSPS) is 25.6. The van der Waals surface area contributed by atoms with Crippen molar-refractivity contribution in [3.63, 3.8) is 0 Å². The standard InChI is InChI=1S/C20H33N5O2/c1-13(2)7-18-20(27)23-10-16(22(5)6)9-17(23)11-24(18)19(26)12-25-15(4)8-14(3)21-25/h8,13,16-18H,7,9-12H2,1-6H3/t16-,17-,18-/m0/s1. The summed E-state index contributed by atoms with van der Waals surface area (Å²) in [5.74, 6) is 0.464. The first kappa shape index (κ1) is 19.9. The molecule has 3 rings (SSSR count). The van der Waals surface area contributed by atoms with Gasteiger partial charge in [0.25, 0.3) is 0 Å². The van der Waals surface area contributed by atoms with Crippen molar-refractivity contribution in [3.8, 4) is 0 Å². The van der Waals surface area contributed by atoms with Crippen LogP contribution in [0.1, 0.15) is 38.1 Å². The van der Waals surface area contributed by atoms with Gasteiger partial charge in [0.15, 0.2) is 0 Å². The number of hydrogen-bond donors (Lipinski definition) is 0. The zero-order valence-electron chi connectivity index (χ0n) is 17.5. The molecule has 0 N–H and O–H groups in total. The van der Waals surface area contributed by atoms with E-state index < -0.39 is 0 Å². The number of hydrogen-bond acceptors (Lipinski definition) is 4. The highest BCUT2D eigenvalue weighted by molar-refractivity contribution is 5.89. The highest BCUT2D eigenvalue weighted by atomic mass is 16.2. The molecule has 0 bridgehead atoms. The summed E-state index contributed by atoms with van der Waals surface area (Å²) in [6.07, 6.45) is 1.63. The lowest BCUT2D eigenvalue weighted by Gasteiger charge is -2.43. The first-order valence-electron chi connectivity index (χ1n) is 9.94. The molecular weight excluding hydrogens is 342 g/mol. The molecule has 3 heterocycles. The lowest BCUT2D eigenvalue weighted by Crippen LogP contribution is -2.62. The molecule has 7 nitrogen and oxygen atoms in total. The first-order valence-corrected chi connectivity index (χ1v) is 9.94. The second-order valence-corrected chi connectivity index (χ2v) is 8.77. The van der Waals surface area contributed by atoms with E-state index in [0.717, 1.165) is 24.4 Å². The molecule has 27 heavy (non-hydrogen) atoms. The molecule has 2 fully saturated rings. The average molecular weight is 376 g/mol. The smallest absolute Gasteiger partial charge is 0.245 e. The number of likely N-dealkylation sites (N-methyl/N-ethyl adjacent to an activating group) is 1. The number of carbonyl (C=O) groups is 2. The maximum Gasteiger partial charge on any atom is 0.245 e. The summed E-state index contributed by atoms with van der Waals surface area (Å²) in [6.45, 7) is 9.70. The summed E-state index contributed by atoms with van der Waals surface area (Å²) in [5, 5.41) is 4.42. The molecule has 0 spiro atoms. The minimum atomic E-state index is -0.355. The fourth-order valence-electron chi connectivity index (χ4n) is 4.39. The number of fused-ring (bicyclic) bond motifs is 1. The molecule has 2 aliphatic heterocycles. The van der Waals surface area contributed by atoms with Crippen LogP contribution in [0.25, 0.3) is 0 Å². The zero-order chi connectivity index (χ0) is 19.9. The number of rotatable bonds is 5. The Labute approximate surface area is 162 Å². The lowest BCUT2D eigenvalue weighted by atomic mass is 9.97. The third-order valence-electron chi connectivity index (χ3n) is 5.88. The molecule has 1 aromatic heterocycles. The summed E-state index contributed by atoms with van der Waals surface area (Å²) in [4.78, 5) is 32.4. The number of amides is 2. The van der Waals surface area contributed by atoms with Crippen molar-refractivity contribution in [3.05, 3.63) is 17.5 Å². The van der Waals surface area contributed by atoms with Gasteiger partial charge in [-0.1, -0.05) is 13.8 Å². The minimum absolute atomic E-state index is 0.00634. The largest absolute Gasteiger partial charge is 0.335 e. The van der Waals surface area contributed by atoms with Crippen LogP contribution >= 0.6 is 0 Å². The van der Waals surface area contributed by atoms with Gasteiger partial charge in [0.05, 0.1) is 11.7 Å². The second-order valence-electron chi connectivity index (χ2n) is 8.77. The van der Waals surface area contributed by atoms with E-state index in [4.69, 9.17) is 0 Å². The van der Waals surface area contributed by atoms with Crippen LogP contribution in [0.4, 0.5) is 0 Å². The Balaban J connectivity index is 1.81. The van der Waals surface area contributed by atoms with Crippen LogP contribution < -0.4 is 0 Å². The summed E-state index contributed by atoms with van der Waals surface area (Å²) in [7, 11) is 4.12. The van der Waals surface area contributed by atoms with Crippen molar-refractivity contribution in [2.24, 2.45) is 5.92 Å². The molecule has 150 valence electrons. The van der Waals surface area contributed by atoms with Gasteiger partial charge >= 0.3 is 0 Å². The molecule has 0 saturated carbocycles. The summed E-state index contributed by atoms with van der Waals surface area (Å²) in [6, 6.07) is 2.11. The average Bonchev–Trinajstić information content (AvgIpc) is 3.13. The molecule has 0 radical (unpaired) electrons. The van der Waals surface area contributed by atoms with E-state index >= 15 is 0 Å². The lowest BCUT2D eigenvalue weighted by molar-refractivity contribution is -0.154. The van der Waals surface area contributed by atoms with Crippen LogP contribution in [0.5, 0.6) is 0 Å². The van der Waals surface area contributed by atoms with Crippen LogP contribution in [0.15, 0.2) is 6.07 Å². The van der Waals surface area contributed by atoms with Crippen LogP contribution in [-0.2, 0) is 16.1 Å². The van der Waals surface area contributed by atoms with Crippen molar-refractivity contribution in [1.82, 2.24) is 24.5 Å². The van der Waals surface area contributed by atoms with E-state index in [1.54, 1.807) is 4.68 Å². The highest BCUT2D eigenvalue weighted by Gasteiger charge is 2.47. The molecule has 2 amide bonds. The number of piperazine rings is 1. The molecule has 2 saturated heterocycles. The Bertz CT molecular complexity index is 711. The van der Waals surface area contributed by atoms with Crippen molar-refractivity contribution in [1.29, 1.82) is 0 Å². The number of aromatic nitrogens is 2. The monoisotopic (exact) mass is 375 g/mol. The van der Waals surface area contributed by atoms with E-state index in [9.17, 15) is 9.59 Å². The molecule has 2 aliphatic rings. The molecule has 1 aromatic rings. The number of nitrogens with zero attached hydrogens (tertiary/aromatic N) is 5. The van der Waals surface area contributed by atoms with Gasteiger partial charge in [-0.3, -0.25) is 14.3 Å². The van der Waals surface area contributed by atoms with Crippen molar-refractivity contribution in [2.45, 2.75) is 65.2 Å². The highest BCUT2D eigenvalue weighted by Crippen LogP contribution is 2.30. The minimum Gasteiger partial charge on any atom is -0.335 e. The van der Waals surface area contributed by atoms with E-state index in [-0.39, 0.29) is 30.4 Å². The number of aryl methyl sites for hydroxylation is 2. The second kappa shape index (κ2) is 7.62. The van der Waals surface area contributed by atoms with E-state index in [1.807, 2.05) is 29.7 Å². The van der Waals surface area contributed by atoms with Crippen LogP contribution in [0, 0.1) is 19.8 Å². The third kappa shape index (κ3) is 4.03. The molecular formula is C20H33N5O2. The Morgan fingerprint density at radius 3 is 2.56 bits per heavy atom. The van der Waals surface area contributed by atoms with Gasteiger partial charge in [-0.2, -0.15) is 5.10 Å². The van der Waals surface area contributed by atoms with Gasteiger partial charge < -0.3 is 14.7 Å². The quantitative estimate of drug-likeness (QED) is 0.778. The van der Waals surface area contributed by atoms with Crippen LogP contribution in [0.2, 0.25) is 0 Å². The van der Waals surface area contributed by atoms with Crippen LogP contribution in [-0.4, -0.2) is 81.6 Å². The Morgan fingerprint density at radius 2 is 2.00 bits per heavy atom. The summed E-state index contributed by atoms with van der Waals surface area (Å²) in [5.41, 5.74) is 1.88. The van der Waals surface area contributed by atoms with E-state index in [0.29, 0.717) is 24.9 Å². The van der Waals surface area contributed by atoms with Gasteiger partial charge in [0.2, 0.25) is 11.8 Å². The number of carbonyl (C=O) groups excluding carboxylic acids is 2. The predicted octanol–water partition coefficient (Wildman–Crippen LogP) is 1.29.